The number of carbonyl (C=O) groups is 2. The van der Waals surface area contributed by atoms with E-state index < -0.39 is 0 Å². The average molecular weight is 467 g/mol. The molecule has 33 heavy (non-hydrogen) atoms. The summed E-state index contributed by atoms with van der Waals surface area (Å²) in [5.41, 5.74) is 7.48. The number of piperazine rings is 1. The van der Waals surface area contributed by atoms with Crippen molar-refractivity contribution >= 4 is 40.1 Å². The molecule has 2 aromatic carbocycles. The van der Waals surface area contributed by atoms with Crippen molar-refractivity contribution in [2.75, 3.05) is 38.5 Å². The second kappa shape index (κ2) is 10.6. The van der Waals surface area contributed by atoms with E-state index in [0.29, 0.717) is 61.2 Å². The zero-order chi connectivity index (χ0) is 23.2. The first-order chi connectivity index (χ1) is 16.0. The number of halogens is 1. The molecule has 8 nitrogen and oxygen atoms in total. The van der Waals surface area contributed by atoms with Crippen molar-refractivity contribution in [3.8, 4) is 0 Å². The SMILES string of the molecule is Nc1nc(CN2CCN(C(=O)CCCNC(=O)c3ccc(Cl)cc3)CC2)nc2ccccc12. The molecule has 0 bridgehead atoms. The van der Waals surface area contributed by atoms with Gasteiger partial charge in [0.15, 0.2) is 0 Å². The topological polar surface area (TPSA) is 104 Å². The molecule has 9 heteroatoms. The summed E-state index contributed by atoms with van der Waals surface area (Å²) < 4.78 is 0. The van der Waals surface area contributed by atoms with E-state index >= 15 is 0 Å². The maximum atomic E-state index is 12.5. The van der Waals surface area contributed by atoms with E-state index in [9.17, 15) is 9.59 Å². The van der Waals surface area contributed by atoms with Crippen LogP contribution >= 0.6 is 11.6 Å². The number of amides is 2. The lowest BCUT2D eigenvalue weighted by atomic mass is 10.2. The average Bonchev–Trinajstić information content (AvgIpc) is 2.82. The van der Waals surface area contributed by atoms with Gasteiger partial charge in [0.05, 0.1) is 12.1 Å². The number of anilines is 1. The van der Waals surface area contributed by atoms with E-state index in [1.807, 2.05) is 29.2 Å². The van der Waals surface area contributed by atoms with Gasteiger partial charge in [0.25, 0.3) is 5.91 Å². The quantitative estimate of drug-likeness (QED) is 0.519. The Balaban J connectivity index is 1.18. The summed E-state index contributed by atoms with van der Waals surface area (Å²) in [5.74, 6) is 1.14. The summed E-state index contributed by atoms with van der Waals surface area (Å²) in [4.78, 5) is 37.8. The lowest BCUT2D eigenvalue weighted by Crippen LogP contribution is -2.48. The lowest BCUT2D eigenvalue weighted by molar-refractivity contribution is -0.133. The Morgan fingerprint density at radius 1 is 1.00 bits per heavy atom. The second-order valence-corrected chi connectivity index (χ2v) is 8.50. The summed E-state index contributed by atoms with van der Waals surface area (Å²) in [5, 5.41) is 4.29. The molecular formula is C24H27ClN6O2. The largest absolute Gasteiger partial charge is 0.383 e. The fraction of sp³-hybridized carbons (Fsp3) is 0.333. The molecule has 4 rings (SSSR count). The van der Waals surface area contributed by atoms with Gasteiger partial charge in [0, 0.05) is 55.1 Å². The van der Waals surface area contributed by atoms with Crippen LogP contribution in [0.15, 0.2) is 48.5 Å². The van der Waals surface area contributed by atoms with Gasteiger partial charge in [-0.15, -0.1) is 0 Å². The number of nitrogens with zero attached hydrogens (tertiary/aromatic N) is 4. The number of aromatic nitrogens is 2. The van der Waals surface area contributed by atoms with Crippen molar-refractivity contribution in [2.24, 2.45) is 0 Å². The van der Waals surface area contributed by atoms with Crippen LogP contribution < -0.4 is 11.1 Å². The first-order valence-electron chi connectivity index (χ1n) is 11.0. The summed E-state index contributed by atoms with van der Waals surface area (Å²) >= 11 is 5.84. The van der Waals surface area contributed by atoms with Crippen LogP contribution in [0.3, 0.4) is 0 Å². The molecule has 3 aromatic rings. The Hall–Kier alpha value is -3.23. The molecule has 1 saturated heterocycles. The predicted octanol–water partition coefficient (Wildman–Crippen LogP) is 2.72. The van der Waals surface area contributed by atoms with Gasteiger partial charge in [0.1, 0.15) is 11.6 Å². The first kappa shape index (κ1) is 22.9. The molecule has 2 heterocycles. The van der Waals surface area contributed by atoms with Crippen LogP contribution in [0.4, 0.5) is 5.82 Å². The van der Waals surface area contributed by atoms with Crippen LogP contribution in [0.2, 0.25) is 5.02 Å². The van der Waals surface area contributed by atoms with Crippen molar-refractivity contribution in [2.45, 2.75) is 19.4 Å². The number of fused-ring (bicyclic) bond motifs is 1. The van der Waals surface area contributed by atoms with Crippen LogP contribution in [-0.2, 0) is 11.3 Å². The third-order valence-electron chi connectivity index (χ3n) is 5.73. The van der Waals surface area contributed by atoms with Crippen LogP contribution in [0, 0.1) is 0 Å². The molecule has 2 amide bonds. The highest BCUT2D eigenvalue weighted by molar-refractivity contribution is 6.30. The summed E-state index contributed by atoms with van der Waals surface area (Å²) in [7, 11) is 0. The van der Waals surface area contributed by atoms with E-state index in [1.54, 1.807) is 24.3 Å². The van der Waals surface area contributed by atoms with E-state index in [2.05, 4.69) is 20.2 Å². The van der Waals surface area contributed by atoms with Crippen LogP contribution in [0.1, 0.15) is 29.0 Å². The van der Waals surface area contributed by atoms with Crippen LogP contribution in [0.5, 0.6) is 0 Å². The highest BCUT2D eigenvalue weighted by Crippen LogP contribution is 2.18. The highest BCUT2D eigenvalue weighted by Gasteiger charge is 2.21. The van der Waals surface area contributed by atoms with Gasteiger partial charge in [-0.25, -0.2) is 9.97 Å². The third kappa shape index (κ3) is 5.97. The van der Waals surface area contributed by atoms with E-state index in [1.165, 1.54) is 0 Å². The fourth-order valence-electron chi connectivity index (χ4n) is 3.88. The Bertz CT molecular complexity index is 1130. The van der Waals surface area contributed by atoms with Crippen LogP contribution in [0.25, 0.3) is 10.9 Å². The molecule has 1 aromatic heterocycles. The molecule has 1 aliphatic heterocycles. The molecule has 0 atom stereocenters. The molecule has 0 aliphatic carbocycles. The number of nitrogens with one attached hydrogen (secondary N) is 1. The predicted molar refractivity (Wildman–Crippen MR) is 129 cm³/mol. The Labute approximate surface area is 197 Å². The third-order valence-corrected chi connectivity index (χ3v) is 5.98. The van der Waals surface area contributed by atoms with Crippen molar-refractivity contribution in [3.63, 3.8) is 0 Å². The van der Waals surface area contributed by atoms with Gasteiger partial charge >= 0.3 is 0 Å². The van der Waals surface area contributed by atoms with Gasteiger partial charge in [0.2, 0.25) is 5.91 Å². The van der Waals surface area contributed by atoms with Gasteiger partial charge in [-0.1, -0.05) is 23.7 Å². The first-order valence-corrected chi connectivity index (χ1v) is 11.4. The number of rotatable bonds is 7. The minimum absolute atomic E-state index is 0.113. The number of nitrogen functional groups attached to an aromatic ring is 1. The standard InChI is InChI=1S/C24H27ClN6O2/c25-18-9-7-17(8-10-18)24(33)27-11-3-6-22(32)31-14-12-30(13-15-31)16-21-28-20-5-2-1-4-19(20)23(26)29-21/h1-2,4-5,7-10H,3,6,11-16H2,(H,27,33)(H2,26,28,29). The number of hydrogen-bond donors (Lipinski definition) is 2. The van der Waals surface area contributed by atoms with Crippen molar-refractivity contribution in [1.82, 2.24) is 25.1 Å². The fourth-order valence-corrected chi connectivity index (χ4v) is 4.01. The Kier molecular flexibility index (Phi) is 7.36. The van der Waals surface area contributed by atoms with E-state index in [0.717, 1.165) is 24.0 Å². The van der Waals surface area contributed by atoms with Gasteiger partial charge < -0.3 is 16.0 Å². The molecule has 0 spiro atoms. The maximum Gasteiger partial charge on any atom is 0.251 e. The van der Waals surface area contributed by atoms with Crippen LogP contribution in [-0.4, -0.2) is 64.3 Å². The van der Waals surface area contributed by atoms with Gasteiger partial charge in [-0.3, -0.25) is 14.5 Å². The molecule has 1 fully saturated rings. The van der Waals surface area contributed by atoms with Gasteiger partial charge in [-0.05, 0) is 42.8 Å². The molecule has 0 saturated carbocycles. The number of benzene rings is 2. The smallest absolute Gasteiger partial charge is 0.251 e. The monoisotopic (exact) mass is 466 g/mol. The summed E-state index contributed by atoms with van der Waals surface area (Å²) in [6.45, 7) is 3.91. The summed E-state index contributed by atoms with van der Waals surface area (Å²) in [6, 6.07) is 14.4. The van der Waals surface area contributed by atoms with Crippen molar-refractivity contribution < 1.29 is 9.59 Å². The molecule has 0 radical (unpaired) electrons. The lowest BCUT2D eigenvalue weighted by Gasteiger charge is -2.34. The minimum atomic E-state index is -0.163. The number of nitrogens with two attached hydrogens (primary N) is 1. The Morgan fingerprint density at radius 3 is 2.48 bits per heavy atom. The highest BCUT2D eigenvalue weighted by atomic mass is 35.5. The van der Waals surface area contributed by atoms with E-state index in [-0.39, 0.29) is 11.8 Å². The molecular weight excluding hydrogens is 440 g/mol. The van der Waals surface area contributed by atoms with E-state index in [4.69, 9.17) is 17.3 Å². The second-order valence-electron chi connectivity index (χ2n) is 8.07. The van der Waals surface area contributed by atoms with Gasteiger partial charge in [-0.2, -0.15) is 0 Å². The molecule has 1 aliphatic rings. The molecule has 0 unspecified atom stereocenters. The molecule has 3 N–H and O–H groups in total. The number of carbonyl (C=O) groups excluding carboxylic acids is 2. The Morgan fingerprint density at radius 2 is 1.73 bits per heavy atom. The minimum Gasteiger partial charge on any atom is -0.383 e. The zero-order valence-electron chi connectivity index (χ0n) is 18.3. The van der Waals surface area contributed by atoms with Crippen molar-refractivity contribution in [3.05, 3.63) is 64.9 Å². The molecule has 172 valence electrons. The maximum absolute atomic E-state index is 12.5. The summed E-state index contributed by atoms with van der Waals surface area (Å²) in [6.07, 6.45) is 1.01. The number of hydrogen-bond acceptors (Lipinski definition) is 6. The normalized spacial score (nSPS) is 14.4. The van der Waals surface area contributed by atoms with Crippen molar-refractivity contribution in [1.29, 1.82) is 0 Å². The number of para-hydroxylation sites is 1. The zero-order valence-corrected chi connectivity index (χ0v) is 19.1.